The monoisotopic (exact) mass is 270 g/mol. The normalized spacial score (nSPS) is 11.1. The summed E-state index contributed by atoms with van der Waals surface area (Å²) in [6.45, 7) is 2.11. The maximum atomic E-state index is 4.57. The molecule has 2 nitrogen and oxygen atoms in total. The second-order valence-corrected chi connectivity index (χ2v) is 5.21. The summed E-state index contributed by atoms with van der Waals surface area (Å²) in [4.78, 5) is 9.12. The Morgan fingerprint density at radius 1 is 0.667 bits per heavy atom. The first kappa shape index (κ1) is 12.0. The van der Waals surface area contributed by atoms with Crippen LogP contribution in [0.3, 0.4) is 0 Å². The summed E-state index contributed by atoms with van der Waals surface area (Å²) in [5.74, 6) is 0. The molecule has 0 aliphatic heterocycles. The standard InChI is InChI=1S/C19H14N2/c1-13-9-11-20-18-15(13)7-8-17-16(10-12-21-19(17)18)14-5-3-2-4-6-14/h2-12H,1H3. The minimum atomic E-state index is 0.970. The van der Waals surface area contributed by atoms with Crippen LogP contribution in [-0.2, 0) is 0 Å². The molecule has 0 atom stereocenters. The van der Waals surface area contributed by atoms with Crippen molar-refractivity contribution in [3.05, 3.63) is 72.6 Å². The van der Waals surface area contributed by atoms with Gasteiger partial charge in [0.25, 0.3) is 0 Å². The molecule has 2 heterocycles. The Kier molecular flexibility index (Phi) is 2.68. The Morgan fingerprint density at radius 3 is 2.14 bits per heavy atom. The number of aromatic nitrogens is 2. The van der Waals surface area contributed by atoms with Crippen LogP contribution in [0, 0.1) is 6.92 Å². The molecule has 21 heavy (non-hydrogen) atoms. The molecule has 4 rings (SSSR count). The van der Waals surface area contributed by atoms with Crippen molar-refractivity contribution in [2.24, 2.45) is 0 Å². The SMILES string of the molecule is Cc1ccnc2c1ccc1c(-c3ccccc3)ccnc12. The van der Waals surface area contributed by atoms with E-state index >= 15 is 0 Å². The van der Waals surface area contributed by atoms with Crippen molar-refractivity contribution in [3.8, 4) is 11.1 Å². The minimum Gasteiger partial charge on any atom is -0.254 e. The number of rotatable bonds is 1. The second kappa shape index (κ2) is 4.67. The van der Waals surface area contributed by atoms with Crippen LogP contribution in [0.5, 0.6) is 0 Å². The number of hydrogen-bond acceptors (Lipinski definition) is 2. The summed E-state index contributed by atoms with van der Waals surface area (Å²) >= 11 is 0. The maximum absolute atomic E-state index is 4.57. The molecule has 2 aromatic heterocycles. The molecule has 0 unspecified atom stereocenters. The third-order valence-electron chi connectivity index (χ3n) is 3.92. The zero-order valence-corrected chi connectivity index (χ0v) is 11.7. The fraction of sp³-hybridized carbons (Fsp3) is 0.0526. The first-order valence-corrected chi connectivity index (χ1v) is 7.03. The van der Waals surface area contributed by atoms with Crippen LogP contribution in [-0.4, -0.2) is 9.97 Å². The number of fused-ring (bicyclic) bond motifs is 3. The average Bonchev–Trinajstić information content (AvgIpc) is 2.55. The van der Waals surface area contributed by atoms with Gasteiger partial charge in [-0.1, -0.05) is 42.5 Å². The van der Waals surface area contributed by atoms with Gasteiger partial charge in [-0.2, -0.15) is 0 Å². The highest BCUT2D eigenvalue weighted by molar-refractivity contribution is 6.08. The van der Waals surface area contributed by atoms with E-state index in [-0.39, 0.29) is 0 Å². The number of hydrogen-bond donors (Lipinski definition) is 0. The highest BCUT2D eigenvalue weighted by Crippen LogP contribution is 2.31. The second-order valence-electron chi connectivity index (χ2n) is 5.21. The highest BCUT2D eigenvalue weighted by Gasteiger charge is 2.09. The van der Waals surface area contributed by atoms with E-state index < -0.39 is 0 Å². The van der Waals surface area contributed by atoms with Gasteiger partial charge in [-0.25, -0.2) is 0 Å². The number of aryl methyl sites for hydroxylation is 1. The van der Waals surface area contributed by atoms with E-state index in [2.05, 4.69) is 59.4 Å². The van der Waals surface area contributed by atoms with Gasteiger partial charge in [0.2, 0.25) is 0 Å². The Bertz CT molecular complexity index is 943. The summed E-state index contributed by atoms with van der Waals surface area (Å²) in [6.07, 6.45) is 3.72. The molecule has 0 radical (unpaired) electrons. The summed E-state index contributed by atoms with van der Waals surface area (Å²) in [5.41, 5.74) is 5.58. The zero-order chi connectivity index (χ0) is 14.2. The largest absolute Gasteiger partial charge is 0.254 e. The summed E-state index contributed by atoms with van der Waals surface area (Å²) in [5, 5.41) is 2.32. The van der Waals surface area contributed by atoms with Gasteiger partial charge in [0.1, 0.15) is 0 Å². The van der Waals surface area contributed by atoms with E-state index in [1.165, 1.54) is 22.1 Å². The third-order valence-corrected chi connectivity index (χ3v) is 3.92. The molecule has 0 spiro atoms. The van der Waals surface area contributed by atoms with Crippen molar-refractivity contribution in [1.29, 1.82) is 0 Å². The van der Waals surface area contributed by atoms with Crippen LogP contribution < -0.4 is 0 Å². The lowest BCUT2D eigenvalue weighted by Crippen LogP contribution is -1.89. The maximum Gasteiger partial charge on any atom is 0.0970 e. The molecule has 2 aromatic carbocycles. The lowest BCUT2D eigenvalue weighted by molar-refractivity contribution is 1.35. The molecule has 0 amide bonds. The van der Waals surface area contributed by atoms with Gasteiger partial charge in [-0.05, 0) is 35.7 Å². The molecular formula is C19H14N2. The predicted molar refractivity (Wildman–Crippen MR) is 87.2 cm³/mol. The molecule has 0 saturated carbocycles. The van der Waals surface area contributed by atoms with Gasteiger partial charge in [-0.3, -0.25) is 9.97 Å². The van der Waals surface area contributed by atoms with Crippen molar-refractivity contribution in [2.75, 3.05) is 0 Å². The molecule has 0 saturated heterocycles. The summed E-state index contributed by atoms with van der Waals surface area (Å²) in [6, 6.07) is 18.8. The van der Waals surface area contributed by atoms with Gasteiger partial charge >= 0.3 is 0 Å². The van der Waals surface area contributed by atoms with Crippen molar-refractivity contribution >= 4 is 21.8 Å². The van der Waals surface area contributed by atoms with Crippen molar-refractivity contribution in [3.63, 3.8) is 0 Å². The molecule has 0 fully saturated rings. The van der Waals surface area contributed by atoms with Crippen LogP contribution in [0.25, 0.3) is 32.9 Å². The minimum absolute atomic E-state index is 0.970. The fourth-order valence-corrected chi connectivity index (χ4v) is 2.84. The first-order chi connectivity index (χ1) is 10.3. The van der Waals surface area contributed by atoms with Gasteiger partial charge in [0.05, 0.1) is 11.0 Å². The van der Waals surface area contributed by atoms with Gasteiger partial charge < -0.3 is 0 Å². The molecule has 4 aromatic rings. The van der Waals surface area contributed by atoms with E-state index in [0.717, 1.165) is 16.4 Å². The highest BCUT2D eigenvalue weighted by atomic mass is 14.7. The molecule has 100 valence electrons. The number of nitrogens with zero attached hydrogens (tertiary/aromatic N) is 2. The Balaban J connectivity index is 2.12. The fourth-order valence-electron chi connectivity index (χ4n) is 2.84. The van der Waals surface area contributed by atoms with Crippen molar-refractivity contribution < 1.29 is 0 Å². The van der Waals surface area contributed by atoms with E-state index in [1.807, 2.05) is 24.5 Å². The Hall–Kier alpha value is -2.74. The lowest BCUT2D eigenvalue weighted by Gasteiger charge is -2.09. The van der Waals surface area contributed by atoms with Crippen LogP contribution in [0.15, 0.2) is 67.0 Å². The average molecular weight is 270 g/mol. The number of pyridine rings is 2. The van der Waals surface area contributed by atoms with Gasteiger partial charge in [0.15, 0.2) is 0 Å². The van der Waals surface area contributed by atoms with E-state index in [4.69, 9.17) is 0 Å². The summed E-state index contributed by atoms with van der Waals surface area (Å²) in [7, 11) is 0. The number of benzene rings is 2. The molecular weight excluding hydrogens is 256 g/mol. The van der Waals surface area contributed by atoms with Crippen LogP contribution in [0.4, 0.5) is 0 Å². The molecule has 0 aliphatic carbocycles. The molecule has 0 N–H and O–H groups in total. The summed E-state index contributed by atoms with van der Waals surface area (Å²) < 4.78 is 0. The van der Waals surface area contributed by atoms with Crippen LogP contribution in [0.2, 0.25) is 0 Å². The smallest absolute Gasteiger partial charge is 0.0970 e. The van der Waals surface area contributed by atoms with Gasteiger partial charge in [0, 0.05) is 23.2 Å². The zero-order valence-electron chi connectivity index (χ0n) is 11.7. The predicted octanol–water partition coefficient (Wildman–Crippen LogP) is 4.76. The van der Waals surface area contributed by atoms with Crippen molar-refractivity contribution in [1.82, 2.24) is 9.97 Å². The van der Waals surface area contributed by atoms with E-state index in [0.29, 0.717) is 0 Å². The van der Waals surface area contributed by atoms with Crippen LogP contribution >= 0.6 is 0 Å². The van der Waals surface area contributed by atoms with Crippen LogP contribution in [0.1, 0.15) is 5.56 Å². The Labute approximate surface area is 123 Å². The molecule has 0 aliphatic rings. The quantitative estimate of drug-likeness (QED) is 0.466. The van der Waals surface area contributed by atoms with E-state index in [9.17, 15) is 0 Å². The lowest BCUT2D eigenvalue weighted by atomic mass is 9.99. The van der Waals surface area contributed by atoms with Gasteiger partial charge in [-0.15, -0.1) is 0 Å². The Morgan fingerprint density at radius 2 is 1.33 bits per heavy atom. The third kappa shape index (κ3) is 1.88. The topological polar surface area (TPSA) is 25.8 Å². The molecule has 0 bridgehead atoms. The van der Waals surface area contributed by atoms with Crippen molar-refractivity contribution in [2.45, 2.75) is 6.92 Å². The molecule has 2 heteroatoms. The van der Waals surface area contributed by atoms with E-state index in [1.54, 1.807) is 0 Å². The first-order valence-electron chi connectivity index (χ1n) is 7.03.